The van der Waals surface area contributed by atoms with Gasteiger partial charge in [0.15, 0.2) is 5.69 Å². The average molecular weight is 440 g/mol. The van der Waals surface area contributed by atoms with Gasteiger partial charge in [-0.15, -0.1) is 0 Å². The zero-order valence-electron chi connectivity index (χ0n) is 17.5. The average Bonchev–Trinajstić information content (AvgIpc) is 3.51. The summed E-state index contributed by atoms with van der Waals surface area (Å²) in [5.41, 5.74) is 2.63. The first kappa shape index (κ1) is 21.3. The number of carbonyl (C=O) groups is 1. The molecule has 1 heterocycles. The van der Waals surface area contributed by atoms with Gasteiger partial charge in [-0.25, -0.2) is 18.1 Å². The molecule has 0 unspecified atom stereocenters. The van der Waals surface area contributed by atoms with E-state index in [-0.39, 0.29) is 35.5 Å². The molecular formula is C23H25N3O4S. The maximum atomic E-state index is 12.7. The minimum Gasteiger partial charge on any atom is -0.440 e. The van der Waals surface area contributed by atoms with E-state index in [4.69, 9.17) is 4.42 Å². The molecular weight excluding hydrogens is 414 g/mol. The van der Waals surface area contributed by atoms with Crippen LogP contribution in [0.4, 0.5) is 0 Å². The van der Waals surface area contributed by atoms with Gasteiger partial charge in [-0.2, -0.15) is 0 Å². The highest BCUT2D eigenvalue weighted by Gasteiger charge is 2.34. The number of nitrogens with one attached hydrogen (secondary N) is 2. The van der Waals surface area contributed by atoms with Crippen LogP contribution in [-0.4, -0.2) is 32.4 Å². The molecule has 0 atom stereocenters. The number of carbonyl (C=O) groups excluding carboxylic acids is 1. The number of oxazole rings is 1. The molecule has 2 aromatic carbocycles. The zero-order valence-corrected chi connectivity index (χ0v) is 18.3. The standard InChI is InChI=1S/C23H25N3O4S/c1-15-8-9-16(2)19(14-15)31(28,29)25-13-12-24-22(27)20-21(17-10-11-17)30-23(26-20)18-6-4-3-5-7-18/h3-9,14,17,25H,10-13H2,1-2H3,(H,24,27). The highest BCUT2D eigenvalue weighted by molar-refractivity contribution is 7.89. The Labute approximate surface area is 181 Å². The summed E-state index contributed by atoms with van der Waals surface area (Å²) in [4.78, 5) is 17.4. The van der Waals surface area contributed by atoms with Crippen LogP contribution in [0.5, 0.6) is 0 Å². The van der Waals surface area contributed by atoms with E-state index >= 15 is 0 Å². The Morgan fingerprint density at radius 2 is 1.84 bits per heavy atom. The van der Waals surface area contributed by atoms with Crippen molar-refractivity contribution in [3.05, 3.63) is 71.1 Å². The molecule has 0 radical (unpaired) electrons. The van der Waals surface area contributed by atoms with E-state index < -0.39 is 10.0 Å². The summed E-state index contributed by atoms with van der Waals surface area (Å²) in [6.07, 6.45) is 1.94. The van der Waals surface area contributed by atoms with Gasteiger partial charge in [-0.1, -0.05) is 30.3 Å². The number of aromatic nitrogens is 1. The fraction of sp³-hybridized carbons (Fsp3) is 0.304. The smallest absolute Gasteiger partial charge is 0.273 e. The molecule has 7 nitrogen and oxygen atoms in total. The summed E-state index contributed by atoms with van der Waals surface area (Å²) >= 11 is 0. The Kier molecular flexibility index (Phi) is 5.93. The number of hydrogen-bond donors (Lipinski definition) is 2. The molecule has 0 bridgehead atoms. The van der Waals surface area contributed by atoms with Crippen molar-refractivity contribution in [3.63, 3.8) is 0 Å². The van der Waals surface area contributed by atoms with Crippen LogP contribution in [0.3, 0.4) is 0 Å². The van der Waals surface area contributed by atoms with Crippen molar-refractivity contribution < 1.29 is 17.6 Å². The predicted molar refractivity (Wildman–Crippen MR) is 117 cm³/mol. The van der Waals surface area contributed by atoms with Crippen LogP contribution in [0.2, 0.25) is 0 Å². The van der Waals surface area contributed by atoms with Crippen molar-refractivity contribution in [1.82, 2.24) is 15.0 Å². The second-order valence-electron chi connectivity index (χ2n) is 7.79. The molecule has 2 N–H and O–H groups in total. The molecule has 0 spiro atoms. The van der Waals surface area contributed by atoms with Gasteiger partial charge in [0.05, 0.1) is 4.90 Å². The van der Waals surface area contributed by atoms with Crippen molar-refractivity contribution in [1.29, 1.82) is 0 Å². The molecule has 1 amide bonds. The van der Waals surface area contributed by atoms with Crippen LogP contribution in [-0.2, 0) is 10.0 Å². The Hall–Kier alpha value is -2.97. The topological polar surface area (TPSA) is 101 Å². The van der Waals surface area contributed by atoms with Gasteiger partial charge in [-0.05, 0) is 56.0 Å². The van der Waals surface area contributed by atoms with Crippen LogP contribution in [0, 0.1) is 13.8 Å². The van der Waals surface area contributed by atoms with Crippen molar-refractivity contribution in [2.24, 2.45) is 0 Å². The van der Waals surface area contributed by atoms with Gasteiger partial charge in [0.2, 0.25) is 15.9 Å². The summed E-state index contributed by atoms with van der Waals surface area (Å²) in [6.45, 7) is 3.81. The predicted octanol–water partition coefficient (Wildman–Crippen LogP) is 3.54. The third kappa shape index (κ3) is 4.86. The monoisotopic (exact) mass is 439 g/mol. The van der Waals surface area contributed by atoms with Crippen LogP contribution in [0.25, 0.3) is 11.5 Å². The fourth-order valence-electron chi connectivity index (χ4n) is 3.34. The molecule has 162 valence electrons. The van der Waals surface area contributed by atoms with Crippen LogP contribution in [0.1, 0.15) is 46.1 Å². The second kappa shape index (κ2) is 8.64. The van der Waals surface area contributed by atoms with Gasteiger partial charge in [0.25, 0.3) is 5.91 Å². The Morgan fingerprint density at radius 3 is 2.55 bits per heavy atom. The molecule has 0 aliphatic heterocycles. The summed E-state index contributed by atoms with van der Waals surface area (Å²) in [5, 5.41) is 2.75. The number of rotatable bonds is 8. The maximum absolute atomic E-state index is 12.7. The Morgan fingerprint density at radius 1 is 1.10 bits per heavy atom. The summed E-state index contributed by atoms with van der Waals surface area (Å²) in [5.74, 6) is 0.878. The van der Waals surface area contributed by atoms with Crippen molar-refractivity contribution in [3.8, 4) is 11.5 Å². The van der Waals surface area contributed by atoms with Crippen LogP contribution in [0.15, 0.2) is 57.8 Å². The first-order valence-corrected chi connectivity index (χ1v) is 11.7. The lowest BCUT2D eigenvalue weighted by molar-refractivity contribution is 0.0948. The Balaban J connectivity index is 1.40. The summed E-state index contributed by atoms with van der Waals surface area (Å²) in [7, 11) is -3.65. The molecule has 1 aliphatic rings. The van der Waals surface area contributed by atoms with E-state index in [9.17, 15) is 13.2 Å². The molecule has 0 saturated heterocycles. The summed E-state index contributed by atoms with van der Waals surface area (Å²) in [6, 6.07) is 14.7. The SMILES string of the molecule is Cc1ccc(C)c(S(=O)(=O)NCCNC(=O)c2nc(-c3ccccc3)oc2C2CC2)c1. The van der Waals surface area contributed by atoms with Crippen molar-refractivity contribution in [2.45, 2.75) is 37.5 Å². The molecule has 1 aliphatic carbocycles. The molecule has 31 heavy (non-hydrogen) atoms. The lowest BCUT2D eigenvalue weighted by atomic mass is 10.2. The lowest BCUT2D eigenvalue weighted by Crippen LogP contribution is -2.35. The number of sulfonamides is 1. The Bertz CT molecular complexity index is 1200. The third-order valence-corrected chi connectivity index (χ3v) is 6.78. The van der Waals surface area contributed by atoms with Crippen LogP contribution < -0.4 is 10.0 Å². The van der Waals surface area contributed by atoms with Gasteiger partial charge >= 0.3 is 0 Å². The first-order valence-electron chi connectivity index (χ1n) is 10.3. The fourth-order valence-corrected chi connectivity index (χ4v) is 4.70. The van der Waals surface area contributed by atoms with E-state index in [2.05, 4.69) is 15.0 Å². The molecule has 1 aromatic heterocycles. The molecule has 1 saturated carbocycles. The molecule has 4 rings (SSSR count). The minimum atomic E-state index is -3.65. The first-order chi connectivity index (χ1) is 14.8. The van der Waals surface area contributed by atoms with E-state index in [1.807, 2.05) is 43.3 Å². The quantitative estimate of drug-likeness (QED) is 0.523. The van der Waals surface area contributed by atoms with Crippen molar-refractivity contribution >= 4 is 15.9 Å². The maximum Gasteiger partial charge on any atom is 0.273 e. The normalized spacial score (nSPS) is 13.9. The van der Waals surface area contributed by atoms with Gasteiger partial charge < -0.3 is 9.73 Å². The van der Waals surface area contributed by atoms with E-state index in [0.717, 1.165) is 24.0 Å². The highest BCUT2D eigenvalue weighted by atomic mass is 32.2. The lowest BCUT2D eigenvalue weighted by Gasteiger charge is -2.10. The minimum absolute atomic E-state index is 0.0730. The number of nitrogens with zero attached hydrogens (tertiary/aromatic N) is 1. The molecule has 1 fully saturated rings. The second-order valence-corrected chi connectivity index (χ2v) is 9.53. The third-order valence-electron chi connectivity index (χ3n) is 5.17. The highest BCUT2D eigenvalue weighted by Crippen LogP contribution is 2.43. The molecule has 3 aromatic rings. The van der Waals surface area contributed by atoms with Gasteiger partial charge in [-0.3, -0.25) is 4.79 Å². The van der Waals surface area contributed by atoms with E-state index in [1.54, 1.807) is 19.1 Å². The van der Waals surface area contributed by atoms with Gasteiger partial charge in [0.1, 0.15) is 5.76 Å². The molecule has 8 heteroatoms. The zero-order chi connectivity index (χ0) is 22.0. The number of amides is 1. The van der Waals surface area contributed by atoms with E-state index in [0.29, 0.717) is 17.2 Å². The number of hydrogen-bond acceptors (Lipinski definition) is 5. The number of benzene rings is 2. The van der Waals surface area contributed by atoms with Crippen molar-refractivity contribution in [2.75, 3.05) is 13.1 Å². The van der Waals surface area contributed by atoms with Gasteiger partial charge in [0, 0.05) is 24.6 Å². The number of aryl methyl sites for hydroxylation is 2. The van der Waals surface area contributed by atoms with E-state index in [1.165, 1.54) is 0 Å². The largest absolute Gasteiger partial charge is 0.440 e. The van der Waals surface area contributed by atoms with Crippen LogP contribution >= 0.6 is 0 Å². The summed E-state index contributed by atoms with van der Waals surface area (Å²) < 4.78 is 33.6.